The molecule has 0 saturated carbocycles. The smallest absolute Gasteiger partial charge is 0.502 e. The number of nitrogens with zero attached hydrogens (tertiary/aromatic N) is 2. The Labute approximate surface area is 407 Å². The lowest BCUT2D eigenvalue weighted by Gasteiger charge is -2.26. The third-order valence-corrected chi connectivity index (χ3v) is 6.13. The van der Waals surface area contributed by atoms with Gasteiger partial charge < -0.3 is 49.7 Å². The minimum absolute atomic E-state index is 0.359. The van der Waals surface area contributed by atoms with Gasteiger partial charge in [0.1, 0.15) is 44.3 Å². The van der Waals surface area contributed by atoms with Gasteiger partial charge in [0.05, 0.1) is 19.1 Å². The average molecular weight is 998 g/mol. The number of thioether (sulfide) groups is 1. The van der Waals surface area contributed by atoms with Crippen LogP contribution in [-0.4, -0.2) is 78.8 Å². The molecule has 0 unspecified atom stereocenters. The zero-order chi connectivity index (χ0) is 53.2. The summed E-state index contributed by atoms with van der Waals surface area (Å²) < 4.78 is 93.7. The van der Waals surface area contributed by atoms with E-state index in [9.17, 15) is 26.3 Å². The van der Waals surface area contributed by atoms with Gasteiger partial charge in [-0.05, 0) is 56.0 Å². The fourth-order valence-electron chi connectivity index (χ4n) is 2.98. The number of alkyl halides is 6. The first-order chi connectivity index (χ1) is 32.7. The van der Waals surface area contributed by atoms with Crippen LogP contribution in [0, 0.1) is 0 Å². The summed E-state index contributed by atoms with van der Waals surface area (Å²) in [7, 11) is 0. The number of hydrogen-bond acceptors (Lipinski definition) is 13. The van der Waals surface area contributed by atoms with Gasteiger partial charge in [0.25, 0.3) is 0 Å². The van der Waals surface area contributed by atoms with Gasteiger partial charge in [0.2, 0.25) is 0 Å². The monoisotopic (exact) mass is 998 g/mol. The first-order valence-corrected chi connectivity index (χ1v) is 24.7. The van der Waals surface area contributed by atoms with E-state index in [0.29, 0.717) is 12.5 Å². The van der Waals surface area contributed by atoms with Gasteiger partial charge in [0.15, 0.2) is 0 Å². The highest BCUT2D eigenvalue weighted by atomic mass is 32.2. The Hall–Kier alpha value is -4.75. The third-order valence-electron chi connectivity index (χ3n) is 5.36. The lowest BCUT2D eigenvalue weighted by Crippen LogP contribution is -2.44. The molecule has 13 nitrogen and oxygen atoms in total. The lowest BCUT2D eigenvalue weighted by molar-refractivity contribution is -0.417. The Morgan fingerprint density at radius 3 is 1.07 bits per heavy atom. The van der Waals surface area contributed by atoms with E-state index in [2.05, 4.69) is 73.0 Å². The molecule has 0 aromatic carbocycles. The van der Waals surface area contributed by atoms with Gasteiger partial charge in [-0.15, -0.1) is 20.5 Å². The second kappa shape index (κ2) is 72.8. The van der Waals surface area contributed by atoms with Crippen LogP contribution in [0.1, 0.15) is 143 Å². The fraction of sp³-hybridized carbons (Fsp3) is 0.660. The quantitative estimate of drug-likeness (QED) is 0.157. The Bertz CT molecular complexity index is 1030. The van der Waals surface area contributed by atoms with Gasteiger partial charge in [0, 0.05) is 44.3 Å². The molecule has 0 atom stereocenters. The Kier molecular flexibility index (Phi) is 86.3. The summed E-state index contributed by atoms with van der Waals surface area (Å²) in [5.41, 5.74) is 0. The maximum absolute atomic E-state index is 11.8. The molecule has 0 fully saturated rings. The van der Waals surface area contributed by atoms with E-state index in [-0.39, 0.29) is 0 Å². The fourth-order valence-corrected chi connectivity index (χ4v) is 3.54. The number of aromatic amines is 1. The number of ether oxygens (including phenoxy) is 6. The number of allylic oxidation sites excluding steroid dienone is 2. The normalized spacial score (nSPS) is 16.3. The van der Waals surface area contributed by atoms with Crippen LogP contribution in [0.3, 0.4) is 0 Å². The number of hydrogen-bond donors (Lipinski definition) is 5. The standard InChI is InChI=1S/C5H9N.C5H8O.C4H2F4O2.C4H7NO.C4H7NS.C4H7N.C3H2F2O2.C2H3N3.8C2H6/c2*1-2-4-6-5-3-1;5-3(6)4(7,8)10-2-1-9-3;2*1-3-6-4-2-5-1;1-2-4-5-3-1;4-3(5)6-1-2-7-3;1-3-2-5-4-1;8*1-2/h2,4,6H,1,3,5H2;2,4H,1,3,5H2;1-2H;2*1,3,5H,2,4H2;1,3,5H,2,4H2;1-2H;1-2H,(H,3,4,5);8*1-2H3. The molecule has 0 amide bonds. The predicted octanol–water partition coefficient (Wildman–Crippen LogP) is 14.3. The maximum atomic E-state index is 11.8. The molecule has 20 heteroatoms. The zero-order valence-corrected chi connectivity index (χ0v) is 44.6. The summed E-state index contributed by atoms with van der Waals surface area (Å²) in [6.07, 6.45) is 16.4. The van der Waals surface area contributed by atoms with Gasteiger partial charge >= 0.3 is 18.5 Å². The molecule has 400 valence electrons. The van der Waals surface area contributed by atoms with Crippen LogP contribution >= 0.6 is 11.8 Å². The number of rotatable bonds is 0. The molecule has 8 heterocycles. The average Bonchev–Trinajstić information content (AvgIpc) is 4.29. The summed E-state index contributed by atoms with van der Waals surface area (Å²) in [4.78, 5) is 3.56. The number of nitrogens with one attached hydrogen (secondary N) is 5. The summed E-state index contributed by atoms with van der Waals surface area (Å²) in [6.45, 7) is 38.1. The molecule has 7 aliphatic rings. The van der Waals surface area contributed by atoms with Crippen molar-refractivity contribution in [2.24, 2.45) is 0 Å². The van der Waals surface area contributed by atoms with E-state index < -0.39 is 18.5 Å². The van der Waals surface area contributed by atoms with Crippen molar-refractivity contribution in [1.82, 2.24) is 36.4 Å². The molecule has 67 heavy (non-hydrogen) atoms. The van der Waals surface area contributed by atoms with Crippen molar-refractivity contribution in [3.8, 4) is 0 Å². The van der Waals surface area contributed by atoms with E-state index in [0.717, 1.165) is 51.9 Å². The van der Waals surface area contributed by atoms with E-state index >= 15 is 0 Å². The van der Waals surface area contributed by atoms with Crippen molar-refractivity contribution in [3.63, 3.8) is 0 Å². The number of aromatic nitrogens is 3. The van der Waals surface area contributed by atoms with Gasteiger partial charge in [-0.3, -0.25) is 5.10 Å². The highest BCUT2D eigenvalue weighted by Crippen LogP contribution is 2.38. The summed E-state index contributed by atoms with van der Waals surface area (Å²) in [5.74, 6) is 1.22. The van der Waals surface area contributed by atoms with Crippen molar-refractivity contribution in [1.29, 1.82) is 0 Å². The molecule has 5 N–H and O–H groups in total. The van der Waals surface area contributed by atoms with E-state index in [4.69, 9.17) is 9.47 Å². The third kappa shape index (κ3) is 68.0. The molecule has 1 aromatic rings. The summed E-state index contributed by atoms with van der Waals surface area (Å²) >= 11 is 1.85. The van der Waals surface area contributed by atoms with Crippen molar-refractivity contribution >= 4 is 11.8 Å². The molecule has 0 bridgehead atoms. The molecule has 0 spiro atoms. The van der Waals surface area contributed by atoms with Crippen molar-refractivity contribution in [2.45, 2.75) is 161 Å². The lowest BCUT2D eigenvalue weighted by atomic mass is 10.2. The van der Waals surface area contributed by atoms with Crippen LogP contribution in [0.15, 0.2) is 98.7 Å². The van der Waals surface area contributed by atoms with Crippen LogP contribution in [0.25, 0.3) is 0 Å². The van der Waals surface area contributed by atoms with Gasteiger partial charge in [-0.1, -0.05) is 123 Å². The highest BCUT2D eigenvalue weighted by molar-refractivity contribution is 8.02. The first-order valence-electron chi connectivity index (χ1n) is 23.6. The molecule has 7 aliphatic heterocycles. The molecular formula is C47H93F6N7O6S. The van der Waals surface area contributed by atoms with Gasteiger partial charge in [-0.2, -0.15) is 22.7 Å². The Morgan fingerprint density at radius 1 is 0.463 bits per heavy atom. The van der Waals surface area contributed by atoms with Crippen LogP contribution in [0.5, 0.6) is 0 Å². The van der Waals surface area contributed by atoms with Crippen molar-refractivity contribution in [3.05, 3.63) is 98.7 Å². The zero-order valence-electron chi connectivity index (χ0n) is 43.7. The summed E-state index contributed by atoms with van der Waals surface area (Å²) in [6, 6.07) is 0. The topological polar surface area (TPSA) is 145 Å². The Morgan fingerprint density at radius 2 is 0.940 bits per heavy atom. The minimum atomic E-state index is -4.57. The number of halogens is 6. The molecule has 0 aliphatic carbocycles. The Balaban J connectivity index is -0.0000000954. The first kappa shape index (κ1) is 79.4. The minimum Gasteiger partial charge on any atom is -0.502 e. The van der Waals surface area contributed by atoms with E-state index in [1.54, 1.807) is 18.7 Å². The second-order valence-corrected chi connectivity index (χ2v) is 10.5. The van der Waals surface area contributed by atoms with Crippen LogP contribution in [0.2, 0.25) is 0 Å². The van der Waals surface area contributed by atoms with Crippen LogP contribution < -0.4 is 21.3 Å². The summed E-state index contributed by atoms with van der Waals surface area (Å²) in [5, 5.41) is 20.3. The van der Waals surface area contributed by atoms with Crippen LogP contribution in [-0.2, 0) is 28.4 Å². The van der Waals surface area contributed by atoms with E-state index in [1.807, 2.05) is 147 Å². The second-order valence-electron chi connectivity index (χ2n) is 9.45. The van der Waals surface area contributed by atoms with Gasteiger partial charge in [-0.25, -0.2) is 4.98 Å². The maximum Gasteiger partial charge on any atom is 0.585 e. The highest BCUT2D eigenvalue weighted by Gasteiger charge is 2.63. The molecule has 0 radical (unpaired) electrons. The molecule has 8 rings (SSSR count). The molecular weight excluding hydrogens is 905 g/mol. The van der Waals surface area contributed by atoms with Crippen LogP contribution in [0.4, 0.5) is 26.3 Å². The largest absolute Gasteiger partial charge is 0.585 e. The number of H-pyrrole nitrogens is 1. The SMILES string of the molecule is C1=CNCC1.C1=CNCCC1.C1=COCCC1.C1=COCCN1.C1=CSCCN1.CC.CC.CC.CC.CC.CC.CC.CC.FC1(F)OC=CO1.FC1(F)OC=COC1(F)F.c1nc[nH]n1. The van der Waals surface area contributed by atoms with E-state index in [1.165, 1.54) is 50.5 Å². The predicted molar refractivity (Wildman–Crippen MR) is 270 cm³/mol. The van der Waals surface area contributed by atoms with Crippen molar-refractivity contribution < 1.29 is 54.8 Å². The molecule has 0 saturated heterocycles. The molecule has 1 aromatic heterocycles. The van der Waals surface area contributed by atoms with Crippen molar-refractivity contribution in [2.75, 3.05) is 45.1 Å².